The lowest BCUT2D eigenvalue weighted by molar-refractivity contribution is -0.114. The quantitative estimate of drug-likeness (QED) is 0.541. The molecular formula is C3H3Cl2IO. The lowest BCUT2D eigenvalue weighted by Crippen LogP contribution is -2.07. The first-order valence-corrected chi connectivity index (χ1v) is 3.77. The van der Waals surface area contributed by atoms with Gasteiger partial charge in [0.1, 0.15) is 3.38 Å². The molecule has 7 heavy (non-hydrogen) atoms. The molecule has 0 N–H and O–H groups in total. The van der Waals surface area contributed by atoms with E-state index in [9.17, 15) is 4.79 Å². The van der Waals surface area contributed by atoms with Crippen molar-refractivity contribution in [2.75, 3.05) is 5.88 Å². The van der Waals surface area contributed by atoms with Gasteiger partial charge in [0.25, 0.3) is 0 Å². The van der Waals surface area contributed by atoms with E-state index >= 15 is 0 Å². The first-order valence-electron chi connectivity index (χ1n) is 1.55. The summed E-state index contributed by atoms with van der Waals surface area (Å²) >= 11 is 12.2. The average Bonchev–Trinajstić information content (AvgIpc) is 1.65. The van der Waals surface area contributed by atoms with Crippen LogP contribution in [-0.4, -0.2) is 15.0 Å². The molecule has 0 saturated carbocycles. The Balaban J connectivity index is 3.35. The van der Waals surface area contributed by atoms with Gasteiger partial charge in [-0.05, 0) is 0 Å². The second-order valence-electron chi connectivity index (χ2n) is 0.901. The Bertz CT molecular complexity index is 73.3. The zero-order valence-electron chi connectivity index (χ0n) is 3.33. The molecule has 0 aromatic carbocycles. The van der Waals surface area contributed by atoms with Crippen molar-refractivity contribution in [1.29, 1.82) is 0 Å². The smallest absolute Gasteiger partial charge is 0.175 e. The third-order valence-electron chi connectivity index (χ3n) is 0.375. The number of halogens is 3. The molecule has 0 radical (unpaired) electrons. The van der Waals surface area contributed by atoms with Gasteiger partial charge in [0, 0.05) is 0 Å². The molecule has 0 spiro atoms. The van der Waals surface area contributed by atoms with Crippen molar-refractivity contribution in [3.05, 3.63) is 0 Å². The maximum Gasteiger partial charge on any atom is 0.175 e. The van der Waals surface area contributed by atoms with Gasteiger partial charge in [0.2, 0.25) is 0 Å². The second kappa shape index (κ2) is 3.92. The van der Waals surface area contributed by atoms with E-state index in [1.807, 2.05) is 0 Å². The van der Waals surface area contributed by atoms with Crippen LogP contribution >= 0.6 is 45.8 Å². The molecular weight excluding hydrogens is 250 g/mol. The Morgan fingerprint density at radius 1 is 1.86 bits per heavy atom. The molecule has 0 aliphatic carbocycles. The number of Topliss-reactive ketones (excluding diaryl/α,β-unsaturated/α-hetero) is 1. The molecule has 0 aromatic heterocycles. The van der Waals surface area contributed by atoms with Crippen LogP contribution < -0.4 is 0 Å². The van der Waals surface area contributed by atoms with Crippen molar-refractivity contribution in [3.8, 4) is 0 Å². The Labute approximate surface area is 65.5 Å². The first-order chi connectivity index (χ1) is 3.18. The van der Waals surface area contributed by atoms with Crippen LogP contribution in [0.2, 0.25) is 0 Å². The molecule has 42 valence electrons. The fourth-order valence-electron chi connectivity index (χ4n) is 0.0583. The average molecular weight is 253 g/mol. The molecule has 0 amide bonds. The molecule has 0 aliphatic rings. The van der Waals surface area contributed by atoms with E-state index in [1.165, 1.54) is 0 Å². The van der Waals surface area contributed by atoms with Gasteiger partial charge in [-0.3, -0.25) is 4.79 Å². The minimum atomic E-state index is -0.463. The highest BCUT2D eigenvalue weighted by atomic mass is 127. The highest BCUT2D eigenvalue weighted by Gasteiger charge is 2.06. The van der Waals surface area contributed by atoms with Crippen LogP contribution in [0.15, 0.2) is 0 Å². The van der Waals surface area contributed by atoms with Crippen LogP contribution in [0.5, 0.6) is 0 Å². The Morgan fingerprint density at radius 2 is 2.29 bits per heavy atom. The molecule has 0 aliphatic heterocycles. The summed E-state index contributed by atoms with van der Waals surface area (Å²) in [7, 11) is 0. The van der Waals surface area contributed by atoms with Crippen molar-refractivity contribution in [3.63, 3.8) is 0 Å². The van der Waals surface area contributed by atoms with Gasteiger partial charge < -0.3 is 0 Å². The SMILES string of the molecule is O=C(CCl)C(Cl)I. The summed E-state index contributed by atoms with van der Waals surface area (Å²) in [5.41, 5.74) is 0. The molecule has 4 heteroatoms. The van der Waals surface area contributed by atoms with Crippen LogP contribution in [0.25, 0.3) is 0 Å². The maximum absolute atomic E-state index is 10.2. The fourth-order valence-corrected chi connectivity index (χ4v) is 0.849. The Morgan fingerprint density at radius 3 is 2.29 bits per heavy atom. The van der Waals surface area contributed by atoms with Crippen LogP contribution in [-0.2, 0) is 4.79 Å². The number of ketones is 1. The summed E-state index contributed by atoms with van der Waals surface area (Å²) < 4.78 is -0.463. The number of alkyl halides is 3. The summed E-state index contributed by atoms with van der Waals surface area (Å²) in [5.74, 6) is -0.124. The predicted molar refractivity (Wildman–Crippen MR) is 39.4 cm³/mol. The standard InChI is InChI=1S/C3H3Cl2IO/c4-1-2(7)3(5)6/h3H,1H2. The van der Waals surface area contributed by atoms with E-state index < -0.39 is 3.38 Å². The van der Waals surface area contributed by atoms with Gasteiger partial charge in [-0.2, -0.15) is 0 Å². The number of carbonyl (C=O) groups excluding carboxylic acids is 1. The molecule has 0 aromatic rings. The number of hydrogen-bond donors (Lipinski definition) is 0. The van der Waals surface area contributed by atoms with Gasteiger partial charge >= 0.3 is 0 Å². The van der Waals surface area contributed by atoms with E-state index in [0.29, 0.717) is 0 Å². The van der Waals surface area contributed by atoms with Crippen LogP contribution in [0, 0.1) is 0 Å². The van der Waals surface area contributed by atoms with Crippen molar-refractivity contribution in [1.82, 2.24) is 0 Å². The van der Waals surface area contributed by atoms with E-state index in [2.05, 4.69) is 0 Å². The van der Waals surface area contributed by atoms with Gasteiger partial charge in [-0.1, -0.05) is 22.6 Å². The zero-order valence-corrected chi connectivity index (χ0v) is 7.00. The molecule has 1 atom stereocenters. The molecule has 0 rings (SSSR count). The van der Waals surface area contributed by atoms with Crippen molar-refractivity contribution < 1.29 is 4.79 Å². The molecule has 0 saturated heterocycles. The highest BCUT2D eigenvalue weighted by Crippen LogP contribution is 2.06. The summed E-state index contributed by atoms with van der Waals surface area (Å²) in [4.78, 5) is 10.2. The Hall–Kier alpha value is 0.980. The maximum atomic E-state index is 10.2. The summed E-state index contributed by atoms with van der Waals surface area (Å²) in [6.07, 6.45) is 0. The fraction of sp³-hybridized carbons (Fsp3) is 0.667. The van der Waals surface area contributed by atoms with Crippen molar-refractivity contribution in [2.45, 2.75) is 3.38 Å². The first kappa shape index (κ1) is 7.98. The molecule has 0 fully saturated rings. The van der Waals surface area contributed by atoms with E-state index in [1.54, 1.807) is 22.6 Å². The van der Waals surface area contributed by atoms with Crippen LogP contribution in [0.4, 0.5) is 0 Å². The lowest BCUT2D eigenvalue weighted by atomic mass is 10.5. The molecule has 1 nitrogen and oxygen atoms in total. The lowest BCUT2D eigenvalue weighted by Gasteiger charge is -1.90. The Kier molecular flexibility index (Phi) is 4.47. The van der Waals surface area contributed by atoms with Gasteiger partial charge in [-0.25, -0.2) is 0 Å². The van der Waals surface area contributed by atoms with Gasteiger partial charge in [0.05, 0.1) is 5.88 Å². The van der Waals surface area contributed by atoms with E-state index in [4.69, 9.17) is 23.2 Å². The number of carbonyl (C=O) groups is 1. The van der Waals surface area contributed by atoms with Crippen LogP contribution in [0.1, 0.15) is 0 Å². The zero-order chi connectivity index (χ0) is 5.86. The van der Waals surface area contributed by atoms with Crippen LogP contribution in [0.3, 0.4) is 0 Å². The number of rotatable bonds is 2. The normalized spacial score (nSPS) is 13.6. The molecule has 0 bridgehead atoms. The largest absolute Gasteiger partial charge is 0.296 e. The second-order valence-corrected chi connectivity index (χ2v) is 3.59. The van der Waals surface area contributed by atoms with E-state index in [0.717, 1.165) is 0 Å². The minimum absolute atomic E-state index is 0.0110. The third kappa shape index (κ3) is 3.55. The summed E-state index contributed by atoms with van der Waals surface area (Å²) in [5, 5.41) is 0. The van der Waals surface area contributed by atoms with Gasteiger partial charge in [-0.15, -0.1) is 23.2 Å². The highest BCUT2D eigenvalue weighted by molar-refractivity contribution is 14.1. The van der Waals surface area contributed by atoms with Crippen molar-refractivity contribution in [2.24, 2.45) is 0 Å². The molecule has 1 unspecified atom stereocenters. The summed E-state index contributed by atoms with van der Waals surface area (Å²) in [6, 6.07) is 0. The van der Waals surface area contributed by atoms with Crippen molar-refractivity contribution >= 4 is 51.6 Å². The summed E-state index contributed by atoms with van der Waals surface area (Å²) in [6.45, 7) is 0. The van der Waals surface area contributed by atoms with Gasteiger partial charge in [0.15, 0.2) is 5.78 Å². The third-order valence-corrected chi connectivity index (χ3v) is 1.58. The minimum Gasteiger partial charge on any atom is -0.296 e. The molecule has 0 heterocycles. The topological polar surface area (TPSA) is 17.1 Å². The monoisotopic (exact) mass is 252 g/mol. The number of hydrogen-bond acceptors (Lipinski definition) is 1. The predicted octanol–water partition coefficient (Wildman–Crippen LogP) is 1.79. The van der Waals surface area contributed by atoms with E-state index in [-0.39, 0.29) is 11.7 Å².